The zero-order chi connectivity index (χ0) is 29.4. The molecule has 1 amide bonds. The van der Waals surface area contributed by atoms with Crippen molar-refractivity contribution < 1.29 is 23.1 Å². The van der Waals surface area contributed by atoms with Crippen LogP contribution in [0.15, 0.2) is 18.3 Å². The van der Waals surface area contributed by atoms with Gasteiger partial charge < -0.3 is 25.5 Å². The molecular formula is C29H37F3N8O2. The Balaban J connectivity index is 1.20. The normalized spacial score (nSPS) is 25.5. The number of hydrogen-bond acceptors (Lipinski definition) is 8. The minimum Gasteiger partial charge on any atom is -0.393 e. The molecule has 0 atom stereocenters. The second-order valence-corrected chi connectivity index (χ2v) is 11.9. The molecule has 2 saturated carbocycles. The summed E-state index contributed by atoms with van der Waals surface area (Å²) in [6.07, 6.45) is 6.84. The SMILES string of the molecule is CN1CCN(C(=O)C2CCC(Nc3ncc4nc(Nc5c(F)cc(F)cc5F)n(C5CCC(O)CC5)c4n3)CC2)CC1. The van der Waals surface area contributed by atoms with Gasteiger partial charge in [0, 0.05) is 56.3 Å². The van der Waals surface area contributed by atoms with Crippen LogP contribution < -0.4 is 10.6 Å². The highest BCUT2D eigenvalue weighted by atomic mass is 19.1. The summed E-state index contributed by atoms with van der Waals surface area (Å²) in [7, 11) is 2.08. The molecular weight excluding hydrogens is 549 g/mol. The number of piperazine rings is 1. The number of hydrogen-bond donors (Lipinski definition) is 3. The number of aromatic nitrogens is 4. The van der Waals surface area contributed by atoms with Crippen LogP contribution in [0.25, 0.3) is 11.2 Å². The quantitative estimate of drug-likeness (QED) is 0.394. The summed E-state index contributed by atoms with van der Waals surface area (Å²) in [6, 6.07) is 1.22. The van der Waals surface area contributed by atoms with E-state index in [-0.39, 0.29) is 29.9 Å². The molecule has 2 aliphatic carbocycles. The minimum absolute atomic E-state index is 0.0406. The van der Waals surface area contributed by atoms with Crippen LogP contribution in [0.1, 0.15) is 57.4 Å². The number of nitrogens with zero attached hydrogens (tertiary/aromatic N) is 6. The van der Waals surface area contributed by atoms with Crippen molar-refractivity contribution in [1.82, 2.24) is 29.3 Å². The standard InChI is InChI=1S/C29H37F3N8O2/c1-38-10-12-39(13-11-38)27(42)17-2-4-19(5-3-17)34-28-33-16-24-26(37-28)40(20-6-8-21(41)9-7-20)29(35-24)36-25-22(31)14-18(30)15-23(25)32/h14-17,19-21,41H,2-13H2,1H3,(H,35,36)(H,33,34,37). The maximum absolute atomic E-state index is 14.5. The van der Waals surface area contributed by atoms with Crippen molar-refractivity contribution in [2.75, 3.05) is 43.9 Å². The van der Waals surface area contributed by atoms with Gasteiger partial charge in [-0.3, -0.25) is 9.36 Å². The van der Waals surface area contributed by atoms with Gasteiger partial charge in [-0.1, -0.05) is 0 Å². The van der Waals surface area contributed by atoms with E-state index in [2.05, 4.69) is 32.5 Å². The number of rotatable bonds is 6. The molecule has 13 heteroatoms. The van der Waals surface area contributed by atoms with Gasteiger partial charge in [-0.25, -0.2) is 23.1 Å². The largest absolute Gasteiger partial charge is 0.393 e. The Hall–Kier alpha value is -3.45. The first-order valence-electron chi connectivity index (χ1n) is 14.8. The lowest BCUT2D eigenvalue weighted by atomic mass is 9.85. The van der Waals surface area contributed by atoms with Crippen molar-refractivity contribution >= 4 is 34.7 Å². The number of likely N-dealkylation sites (N-methyl/N-ethyl adjacent to an activating group) is 1. The second kappa shape index (κ2) is 12.0. The van der Waals surface area contributed by atoms with Gasteiger partial charge >= 0.3 is 0 Å². The summed E-state index contributed by atoms with van der Waals surface area (Å²) < 4.78 is 44.4. The Kier molecular flexibility index (Phi) is 8.22. The molecule has 3 aliphatic rings. The second-order valence-electron chi connectivity index (χ2n) is 11.9. The van der Waals surface area contributed by atoms with Gasteiger partial charge in [-0.2, -0.15) is 4.98 Å². The fourth-order valence-corrected chi connectivity index (χ4v) is 6.44. The maximum atomic E-state index is 14.5. The van der Waals surface area contributed by atoms with Crippen LogP contribution in [0.4, 0.5) is 30.8 Å². The molecule has 0 bridgehead atoms. The third kappa shape index (κ3) is 6.03. The first-order chi connectivity index (χ1) is 20.2. The molecule has 42 heavy (non-hydrogen) atoms. The highest BCUT2D eigenvalue weighted by molar-refractivity contribution is 5.79. The summed E-state index contributed by atoms with van der Waals surface area (Å²) in [5.74, 6) is -2.26. The molecule has 3 N–H and O–H groups in total. The number of amides is 1. The number of imidazole rings is 1. The molecule has 1 aliphatic heterocycles. The number of aliphatic hydroxyl groups is 1. The van der Waals surface area contributed by atoms with Crippen LogP contribution >= 0.6 is 0 Å². The number of aliphatic hydroxyl groups excluding tert-OH is 1. The molecule has 6 rings (SSSR count). The summed E-state index contributed by atoms with van der Waals surface area (Å²) in [5, 5.41) is 16.2. The van der Waals surface area contributed by atoms with Crippen molar-refractivity contribution in [3.05, 3.63) is 35.8 Å². The lowest BCUT2D eigenvalue weighted by molar-refractivity contribution is -0.138. The van der Waals surface area contributed by atoms with Crippen molar-refractivity contribution in [3.8, 4) is 0 Å². The predicted molar refractivity (Wildman–Crippen MR) is 152 cm³/mol. The van der Waals surface area contributed by atoms with Crippen molar-refractivity contribution in [1.29, 1.82) is 0 Å². The third-order valence-corrected chi connectivity index (χ3v) is 8.93. The van der Waals surface area contributed by atoms with Crippen LogP contribution in [0, 0.1) is 23.4 Å². The lowest BCUT2D eigenvalue weighted by Crippen LogP contribution is -2.49. The molecule has 2 aromatic heterocycles. The zero-order valence-corrected chi connectivity index (χ0v) is 23.7. The number of carbonyl (C=O) groups is 1. The molecule has 1 saturated heterocycles. The Morgan fingerprint density at radius 3 is 2.26 bits per heavy atom. The van der Waals surface area contributed by atoms with Crippen LogP contribution in [0.5, 0.6) is 0 Å². The van der Waals surface area contributed by atoms with Crippen LogP contribution in [-0.4, -0.2) is 85.7 Å². The van der Waals surface area contributed by atoms with E-state index in [1.165, 1.54) is 0 Å². The minimum atomic E-state index is -1.07. The van der Waals surface area contributed by atoms with Gasteiger partial charge in [0.1, 0.15) is 17.0 Å². The first-order valence-corrected chi connectivity index (χ1v) is 14.8. The van der Waals surface area contributed by atoms with E-state index < -0.39 is 29.2 Å². The third-order valence-electron chi connectivity index (χ3n) is 8.93. The number of benzene rings is 1. The van der Waals surface area contributed by atoms with E-state index in [1.54, 1.807) is 6.20 Å². The monoisotopic (exact) mass is 586 g/mol. The van der Waals surface area contributed by atoms with Gasteiger partial charge in [-0.15, -0.1) is 0 Å². The molecule has 10 nitrogen and oxygen atoms in total. The van der Waals surface area contributed by atoms with Crippen LogP contribution in [0.3, 0.4) is 0 Å². The van der Waals surface area contributed by atoms with Crippen molar-refractivity contribution in [2.45, 2.75) is 69.6 Å². The van der Waals surface area contributed by atoms with E-state index in [0.717, 1.165) is 51.9 Å². The van der Waals surface area contributed by atoms with Crippen LogP contribution in [0.2, 0.25) is 0 Å². The molecule has 3 fully saturated rings. The van der Waals surface area contributed by atoms with E-state index in [1.807, 2.05) is 9.47 Å². The molecule has 1 aromatic carbocycles. The van der Waals surface area contributed by atoms with Crippen LogP contribution in [-0.2, 0) is 4.79 Å². The number of anilines is 3. The van der Waals surface area contributed by atoms with Gasteiger partial charge in [0.15, 0.2) is 17.3 Å². The van der Waals surface area contributed by atoms with E-state index in [4.69, 9.17) is 4.98 Å². The highest BCUT2D eigenvalue weighted by Crippen LogP contribution is 2.36. The number of halogens is 3. The Morgan fingerprint density at radius 1 is 0.929 bits per heavy atom. The Morgan fingerprint density at radius 2 is 1.60 bits per heavy atom. The predicted octanol–water partition coefficient (Wildman–Crippen LogP) is 4.21. The fourth-order valence-electron chi connectivity index (χ4n) is 6.44. The molecule has 0 unspecified atom stereocenters. The van der Waals surface area contributed by atoms with E-state index in [0.29, 0.717) is 54.9 Å². The number of fused-ring (bicyclic) bond motifs is 1. The molecule has 3 aromatic rings. The first kappa shape index (κ1) is 28.7. The zero-order valence-electron chi connectivity index (χ0n) is 23.7. The highest BCUT2D eigenvalue weighted by Gasteiger charge is 2.32. The van der Waals surface area contributed by atoms with Crippen molar-refractivity contribution in [2.24, 2.45) is 5.92 Å². The molecule has 0 radical (unpaired) electrons. The molecule has 3 heterocycles. The number of carbonyl (C=O) groups excluding carboxylic acids is 1. The fraction of sp³-hybridized carbons (Fsp3) is 0.586. The van der Waals surface area contributed by atoms with Gasteiger partial charge in [0.2, 0.25) is 17.8 Å². The van der Waals surface area contributed by atoms with Crippen molar-refractivity contribution in [3.63, 3.8) is 0 Å². The average Bonchev–Trinajstić information content (AvgIpc) is 3.33. The topological polar surface area (TPSA) is 111 Å². The summed E-state index contributed by atoms with van der Waals surface area (Å²) >= 11 is 0. The van der Waals surface area contributed by atoms with Gasteiger partial charge in [0.05, 0.1) is 12.3 Å². The van der Waals surface area contributed by atoms with Gasteiger partial charge in [-0.05, 0) is 58.4 Å². The van der Waals surface area contributed by atoms with E-state index in [9.17, 15) is 23.1 Å². The summed E-state index contributed by atoms with van der Waals surface area (Å²) in [4.78, 5) is 31.0. The molecule has 0 spiro atoms. The Bertz CT molecular complexity index is 1400. The summed E-state index contributed by atoms with van der Waals surface area (Å²) in [5.41, 5.74) is 0.440. The number of nitrogens with one attached hydrogen (secondary N) is 2. The lowest BCUT2D eigenvalue weighted by Gasteiger charge is -2.36. The molecule has 226 valence electrons. The van der Waals surface area contributed by atoms with E-state index >= 15 is 0 Å². The maximum Gasteiger partial charge on any atom is 0.225 e. The van der Waals surface area contributed by atoms with Gasteiger partial charge in [0.25, 0.3) is 0 Å². The smallest absolute Gasteiger partial charge is 0.225 e. The Labute approximate surface area is 242 Å². The average molecular weight is 587 g/mol. The summed E-state index contributed by atoms with van der Waals surface area (Å²) in [6.45, 7) is 3.38.